The number of fused-ring (bicyclic) bond motifs is 1. The zero-order valence-electron chi connectivity index (χ0n) is 18.8. The first-order valence-electron chi connectivity index (χ1n) is 10.4. The molecule has 0 aliphatic rings. The van der Waals surface area contributed by atoms with Crippen molar-refractivity contribution in [1.29, 1.82) is 0 Å². The summed E-state index contributed by atoms with van der Waals surface area (Å²) in [6, 6.07) is 8.56. The van der Waals surface area contributed by atoms with Gasteiger partial charge in [0.15, 0.2) is 0 Å². The minimum Gasteiger partial charge on any atom is -0.327 e. The van der Waals surface area contributed by atoms with Crippen LogP contribution in [0.3, 0.4) is 0 Å². The van der Waals surface area contributed by atoms with Gasteiger partial charge in [-0.25, -0.2) is 15.0 Å². The highest BCUT2D eigenvalue weighted by atomic mass is 35.5. The lowest BCUT2D eigenvalue weighted by molar-refractivity contribution is -0.117. The number of pyridine rings is 2. The molecule has 0 saturated heterocycles. The highest BCUT2D eigenvalue weighted by molar-refractivity contribution is 6.30. The van der Waals surface area contributed by atoms with Gasteiger partial charge in [-0.05, 0) is 51.1 Å². The number of halogens is 1. The van der Waals surface area contributed by atoms with Crippen molar-refractivity contribution in [3.05, 3.63) is 77.2 Å². The van der Waals surface area contributed by atoms with Crippen molar-refractivity contribution in [2.45, 2.75) is 32.7 Å². The zero-order valence-corrected chi connectivity index (χ0v) is 19.5. The second kappa shape index (κ2) is 8.71. The number of carbonyl (C=O) groups excluding carboxylic acids is 2. The molecule has 0 fully saturated rings. The van der Waals surface area contributed by atoms with E-state index < -0.39 is 0 Å². The quantitative estimate of drug-likeness (QED) is 0.415. The maximum absolute atomic E-state index is 13.0. The van der Waals surface area contributed by atoms with Crippen LogP contribution >= 0.6 is 11.6 Å². The van der Waals surface area contributed by atoms with E-state index in [1.54, 1.807) is 37.5 Å². The molecule has 0 radical (unpaired) electrons. The Balaban J connectivity index is 1.52. The number of ketones is 1. The van der Waals surface area contributed by atoms with Crippen LogP contribution in [0.25, 0.3) is 11.0 Å². The fourth-order valence-electron chi connectivity index (χ4n) is 3.33. The summed E-state index contributed by atoms with van der Waals surface area (Å²) in [7, 11) is 1.62. The van der Waals surface area contributed by atoms with Gasteiger partial charge in [0.25, 0.3) is 0 Å². The summed E-state index contributed by atoms with van der Waals surface area (Å²) >= 11 is 5.84. The highest BCUT2D eigenvalue weighted by Gasteiger charge is 2.20. The lowest BCUT2D eigenvalue weighted by Crippen LogP contribution is -2.29. The van der Waals surface area contributed by atoms with E-state index in [-0.39, 0.29) is 29.5 Å². The number of rotatable bonds is 5. The smallest absolute Gasteiger partial charge is 0.233 e. The maximum Gasteiger partial charge on any atom is 0.233 e. The van der Waals surface area contributed by atoms with Crippen molar-refractivity contribution in [3.8, 4) is 0 Å². The Kier molecular flexibility index (Phi) is 5.95. The standard InChI is InChI=1S/C24H23ClN6O2/c1-24(2,3)31-10-9-16-13-28-22(29-23(16)31)21(33)15-5-8-19(27-12-15)30(4)20(32)11-18-7-6-17(25)14-26-18/h5-10,12-14H,11H2,1-4H3. The minimum absolute atomic E-state index is 0.0968. The predicted octanol–water partition coefficient (Wildman–Crippen LogP) is 4.07. The number of likely N-dealkylation sites (N-methyl/N-ethyl adjacent to an activating group) is 1. The summed E-state index contributed by atoms with van der Waals surface area (Å²) < 4.78 is 2.01. The van der Waals surface area contributed by atoms with E-state index in [9.17, 15) is 9.59 Å². The first-order chi connectivity index (χ1) is 15.6. The Morgan fingerprint density at radius 3 is 2.42 bits per heavy atom. The molecular weight excluding hydrogens is 440 g/mol. The average Bonchev–Trinajstić information content (AvgIpc) is 3.23. The lowest BCUT2D eigenvalue weighted by Gasteiger charge is -2.21. The number of carbonyl (C=O) groups is 2. The molecular formula is C24H23ClN6O2. The van der Waals surface area contributed by atoms with Crippen molar-refractivity contribution in [1.82, 2.24) is 24.5 Å². The molecule has 0 aliphatic heterocycles. The molecule has 33 heavy (non-hydrogen) atoms. The predicted molar refractivity (Wildman–Crippen MR) is 127 cm³/mol. The highest BCUT2D eigenvalue weighted by Crippen LogP contribution is 2.22. The molecule has 4 heterocycles. The van der Waals surface area contributed by atoms with Gasteiger partial charge in [0.1, 0.15) is 11.5 Å². The van der Waals surface area contributed by atoms with Crippen molar-refractivity contribution < 1.29 is 9.59 Å². The van der Waals surface area contributed by atoms with Crippen LogP contribution in [-0.2, 0) is 16.8 Å². The van der Waals surface area contributed by atoms with E-state index in [0.717, 1.165) is 5.39 Å². The van der Waals surface area contributed by atoms with Crippen LogP contribution in [-0.4, -0.2) is 43.2 Å². The van der Waals surface area contributed by atoms with Gasteiger partial charge in [-0.1, -0.05) is 11.6 Å². The van der Waals surface area contributed by atoms with Gasteiger partial charge >= 0.3 is 0 Å². The molecule has 0 bridgehead atoms. The summed E-state index contributed by atoms with van der Waals surface area (Å²) in [4.78, 5) is 44.2. The number of hydrogen-bond acceptors (Lipinski definition) is 6. The Hall–Kier alpha value is -3.65. The fourth-order valence-corrected chi connectivity index (χ4v) is 3.44. The van der Waals surface area contributed by atoms with Crippen LogP contribution in [0.2, 0.25) is 5.02 Å². The fraction of sp³-hybridized carbons (Fsp3) is 0.250. The SMILES string of the molecule is CN(C(=O)Cc1ccc(Cl)cn1)c1ccc(C(=O)c2ncc3ccn(C(C)(C)C)c3n2)cn1. The van der Waals surface area contributed by atoms with Crippen LogP contribution in [0.15, 0.2) is 55.1 Å². The first kappa shape index (κ1) is 22.5. The van der Waals surface area contributed by atoms with Crippen molar-refractivity contribution in [2.75, 3.05) is 11.9 Å². The molecule has 168 valence electrons. The van der Waals surface area contributed by atoms with Crippen LogP contribution in [0.4, 0.5) is 5.82 Å². The van der Waals surface area contributed by atoms with Gasteiger partial charge in [0.2, 0.25) is 17.5 Å². The van der Waals surface area contributed by atoms with E-state index in [1.807, 2.05) is 16.8 Å². The van der Waals surface area contributed by atoms with Crippen molar-refractivity contribution >= 4 is 40.1 Å². The number of aromatic nitrogens is 5. The van der Waals surface area contributed by atoms with Gasteiger partial charge in [-0.15, -0.1) is 0 Å². The van der Waals surface area contributed by atoms with E-state index in [2.05, 4.69) is 40.7 Å². The maximum atomic E-state index is 13.0. The van der Waals surface area contributed by atoms with Gasteiger partial charge in [-0.2, -0.15) is 0 Å². The normalized spacial score (nSPS) is 11.5. The van der Waals surface area contributed by atoms with Gasteiger partial charge in [0, 0.05) is 54.0 Å². The van der Waals surface area contributed by atoms with Crippen molar-refractivity contribution in [2.24, 2.45) is 0 Å². The van der Waals surface area contributed by atoms with E-state index in [0.29, 0.717) is 27.7 Å². The number of hydrogen-bond donors (Lipinski definition) is 0. The summed E-state index contributed by atoms with van der Waals surface area (Å²) in [5.41, 5.74) is 1.47. The van der Waals surface area contributed by atoms with E-state index >= 15 is 0 Å². The molecule has 0 unspecified atom stereocenters. The van der Waals surface area contributed by atoms with Crippen molar-refractivity contribution in [3.63, 3.8) is 0 Å². The molecule has 0 atom stereocenters. The number of amides is 1. The molecule has 4 rings (SSSR count). The summed E-state index contributed by atoms with van der Waals surface area (Å²) in [6.45, 7) is 6.21. The number of anilines is 1. The Morgan fingerprint density at radius 2 is 1.79 bits per heavy atom. The molecule has 1 amide bonds. The molecule has 0 spiro atoms. The summed E-state index contributed by atoms with van der Waals surface area (Å²) in [5.74, 6) is -0.00642. The Bertz CT molecular complexity index is 1320. The largest absolute Gasteiger partial charge is 0.327 e. The van der Waals surface area contributed by atoms with E-state index in [1.165, 1.54) is 17.3 Å². The molecule has 8 nitrogen and oxygen atoms in total. The Labute approximate surface area is 196 Å². The minimum atomic E-state index is -0.336. The van der Waals surface area contributed by atoms with Crippen LogP contribution < -0.4 is 4.90 Å². The van der Waals surface area contributed by atoms with Gasteiger partial charge in [-0.3, -0.25) is 19.5 Å². The van der Waals surface area contributed by atoms with Crippen LogP contribution in [0, 0.1) is 0 Å². The second-order valence-electron chi connectivity index (χ2n) is 8.66. The summed E-state index contributed by atoms with van der Waals surface area (Å²) in [5, 5.41) is 1.38. The third-order valence-corrected chi connectivity index (χ3v) is 5.43. The van der Waals surface area contributed by atoms with E-state index in [4.69, 9.17) is 11.6 Å². The molecule has 0 aromatic carbocycles. The zero-order chi connectivity index (χ0) is 23.8. The lowest BCUT2D eigenvalue weighted by atomic mass is 10.1. The van der Waals surface area contributed by atoms with Gasteiger partial charge < -0.3 is 4.57 Å². The third kappa shape index (κ3) is 4.75. The molecule has 0 aliphatic carbocycles. The molecule has 0 N–H and O–H groups in total. The molecule has 4 aromatic rings. The van der Waals surface area contributed by atoms with Crippen LogP contribution in [0.1, 0.15) is 42.6 Å². The monoisotopic (exact) mass is 462 g/mol. The molecule has 9 heteroatoms. The second-order valence-corrected chi connectivity index (χ2v) is 9.10. The third-order valence-electron chi connectivity index (χ3n) is 5.20. The Morgan fingerprint density at radius 1 is 1.00 bits per heavy atom. The topological polar surface area (TPSA) is 93.9 Å². The molecule has 4 aromatic heterocycles. The summed E-state index contributed by atoms with van der Waals surface area (Å²) in [6.07, 6.45) is 6.63. The average molecular weight is 463 g/mol. The number of nitrogens with zero attached hydrogens (tertiary/aromatic N) is 6. The van der Waals surface area contributed by atoms with Crippen LogP contribution in [0.5, 0.6) is 0 Å². The van der Waals surface area contributed by atoms with Gasteiger partial charge in [0.05, 0.1) is 11.4 Å². The first-order valence-corrected chi connectivity index (χ1v) is 10.7. The molecule has 0 saturated carbocycles.